The first-order valence-corrected chi connectivity index (χ1v) is 14.0. The van der Waals surface area contributed by atoms with E-state index in [4.69, 9.17) is 21.3 Å². The van der Waals surface area contributed by atoms with E-state index in [-0.39, 0.29) is 11.8 Å². The van der Waals surface area contributed by atoms with E-state index in [1.165, 1.54) is 0 Å². The summed E-state index contributed by atoms with van der Waals surface area (Å²) in [5.74, 6) is 1.61. The highest BCUT2D eigenvalue weighted by Gasteiger charge is 2.30. The van der Waals surface area contributed by atoms with Crippen LogP contribution in [0.1, 0.15) is 33.2 Å². The summed E-state index contributed by atoms with van der Waals surface area (Å²) in [5.41, 5.74) is 3.89. The molecule has 1 saturated heterocycles. The third-order valence-electron chi connectivity index (χ3n) is 7.07. The molecule has 0 aliphatic carbocycles. The average Bonchev–Trinajstić information content (AvgIpc) is 3.48. The number of benzene rings is 2. The van der Waals surface area contributed by atoms with Gasteiger partial charge in [-0.1, -0.05) is 60.1 Å². The second-order valence-electron chi connectivity index (χ2n) is 9.60. The first-order chi connectivity index (χ1) is 18.6. The van der Waals surface area contributed by atoms with Gasteiger partial charge in [-0.3, -0.25) is 14.4 Å². The number of carbonyl (C=O) groups is 1. The van der Waals surface area contributed by atoms with E-state index < -0.39 is 0 Å². The van der Waals surface area contributed by atoms with Crippen molar-refractivity contribution in [2.75, 3.05) is 26.3 Å². The van der Waals surface area contributed by atoms with Gasteiger partial charge in [0.1, 0.15) is 17.4 Å². The van der Waals surface area contributed by atoms with Crippen LogP contribution >= 0.6 is 22.9 Å². The summed E-state index contributed by atoms with van der Waals surface area (Å²) in [6, 6.07) is 20.2. The third-order valence-corrected chi connectivity index (χ3v) is 8.54. The number of ether oxygens (including phenoxy) is 1. The van der Waals surface area contributed by atoms with Crippen molar-refractivity contribution in [1.29, 1.82) is 0 Å². The van der Waals surface area contributed by atoms with Gasteiger partial charge in [-0.25, -0.2) is 0 Å². The van der Waals surface area contributed by atoms with Gasteiger partial charge in [-0.2, -0.15) is 0 Å². The number of halogens is 1. The predicted octanol–water partition coefficient (Wildman–Crippen LogP) is 4.90. The number of rotatable bonds is 6. The Morgan fingerprint density at radius 1 is 1.03 bits per heavy atom. The molecule has 2 aromatic carbocycles. The molecule has 1 amide bonds. The fraction of sp³-hybridized carbons (Fsp3) is 0.310. The fourth-order valence-corrected chi connectivity index (χ4v) is 6.72. The molecule has 7 nitrogen and oxygen atoms in total. The molecule has 9 heteroatoms. The number of nitrogens with zero attached hydrogens (tertiary/aromatic N) is 5. The van der Waals surface area contributed by atoms with Crippen molar-refractivity contribution >= 4 is 34.6 Å². The average molecular weight is 546 g/mol. The van der Waals surface area contributed by atoms with Crippen LogP contribution in [0, 0.1) is 12.8 Å². The SMILES string of the molecule is Cc1nnc2n1-c1sc(CC(Cc3ccccc3)C(=O)N3CCOCC3)cc1C(c1ccccc1Cl)=NC2. The van der Waals surface area contributed by atoms with Gasteiger partial charge in [0.05, 0.1) is 18.9 Å². The Morgan fingerprint density at radius 3 is 2.58 bits per heavy atom. The molecule has 4 aromatic rings. The molecule has 1 atom stereocenters. The maximum atomic E-state index is 13.8. The molecule has 4 heterocycles. The molecule has 1 unspecified atom stereocenters. The van der Waals surface area contributed by atoms with Gasteiger partial charge in [0.2, 0.25) is 5.91 Å². The first-order valence-electron chi connectivity index (χ1n) is 12.8. The number of thiophene rings is 1. The van der Waals surface area contributed by atoms with Crippen molar-refractivity contribution < 1.29 is 9.53 Å². The second-order valence-corrected chi connectivity index (χ2v) is 11.1. The number of morpholine rings is 1. The fourth-order valence-electron chi connectivity index (χ4n) is 5.19. The zero-order chi connectivity index (χ0) is 26.1. The highest BCUT2D eigenvalue weighted by molar-refractivity contribution is 7.15. The smallest absolute Gasteiger partial charge is 0.226 e. The Bertz CT molecular complexity index is 1490. The minimum absolute atomic E-state index is 0.181. The Kier molecular flexibility index (Phi) is 7.10. The van der Waals surface area contributed by atoms with E-state index >= 15 is 0 Å². The molecule has 2 aromatic heterocycles. The molecule has 2 aliphatic heterocycles. The van der Waals surface area contributed by atoms with Crippen LogP contribution in [0.2, 0.25) is 5.02 Å². The van der Waals surface area contributed by atoms with E-state index in [0.29, 0.717) is 50.7 Å². The van der Waals surface area contributed by atoms with Crippen molar-refractivity contribution in [3.05, 3.63) is 98.9 Å². The second kappa shape index (κ2) is 10.8. The number of aryl methyl sites for hydroxylation is 1. The summed E-state index contributed by atoms with van der Waals surface area (Å²) in [4.78, 5) is 21.8. The van der Waals surface area contributed by atoms with Crippen LogP contribution in [0.3, 0.4) is 0 Å². The van der Waals surface area contributed by atoms with E-state index in [2.05, 4.69) is 33.0 Å². The van der Waals surface area contributed by atoms with Crippen molar-refractivity contribution in [2.45, 2.75) is 26.3 Å². The molecule has 1 fully saturated rings. The maximum absolute atomic E-state index is 13.8. The number of amides is 1. The summed E-state index contributed by atoms with van der Waals surface area (Å²) in [7, 11) is 0. The molecular weight excluding hydrogens is 518 g/mol. The summed E-state index contributed by atoms with van der Waals surface area (Å²) in [5, 5.41) is 10.4. The largest absolute Gasteiger partial charge is 0.378 e. The normalized spacial score (nSPS) is 15.8. The minimum Gasteiger partial charge on any atom is -0.378 e. The van der Waals surface area contributed by atoms with Crippen molar-refractivity contribution in [2.24, 2.45) is 10.9 Å². The number of hydrogen-bond acceptors (Lipinski definition) is 6. The number of aliphatic imine (C=N–C) groups is 1. The molecule has 0 bridgehead atoms. The molecule has 0 radical (unpaired) electrons. The Morgan fingerprint density at radius 2 is 1.79 bits per heavy atom. The van der Waals surface area contributed by atoms with Gasteiger partial charge in [0.15, 0.2) is 5.82 Å². The van der Waals surface area contributed by atoms with Crippen LogP contribution in [0.5, 0.6) is 0 Å². The van der Waals surface area contributed by atoms with Crippen LogP contribution in [-0.4, -0.2) is 57.6 Å². The van der Waals surface area contributed by atoms with Crippen LogP contribution in [-0.2, 0) is 28.9 Å². The predicted molar refractivity (Wildman–Crippen MR) is 150 cm³/mol. The van der Waals surface area contributed by atoms with Gasteiger partial charge >= 0.3 is 0 Å². The third kappa shape index (κ3) is 4.91. The van der Waals surface area contributed by atoms with Crippen molar-refractivity contribution in [3.8, 4) is 5.00 Å². The number of aromatic nitrogens is 3. The highest BCUT2D eigenvalue weighted by Crippen LogP contribution is 2.36. The first kappa shape index (κ1) is 25.0. The topological polar surface area (TPSA) is 72.6 Å². The lowest BCUT2D eigenvalue weighted by Crippen LogP contribution is -2.44. The molecule has 6 rings (SSSR count). The summed E-state index contributed by atoms with van der Waals surface area (Å²) < 4.78 is 7.59. The summed E-state index contributed by atoms with van der Waals surface area (Å²) >= 11 is 8.31. The van der Waals surface area contributed by atoms with Gasteiger partial charge in [0, 0.05) is 40.0 Å². The van der Waals surface area contributed by atoms with Crippen LogP contribution in [0.25, 0.3) is 5.00 Å². The number of carbonyl (C=O) groups excluding carboxylic acids is 1. The van der Waals surface area contributed by atoms with Gasteiger partial charge < -0.3 is 9.64 Å². The summed E-state index contributed by atoms with van der Waals surface area (Å²) in [6.45, 7) is 4.83. The van der Waals surface area contributed by atoms with E-state index in [1.54, 1.807) is 11.3 Å². The minimum atomic E-state index is -0.181. The highest BCUT2D eigenvalue weighted by atomic mass is 35.5. The lowest BCUT2D eigenvalue weighted by Gasteiger charge is -2.30. The maximum Gasteiger partial charge on any atom is 0.226 e. The molecule has 2 aliphatic rings. The lowest BCUT2D eigenvalue weighted by atomic mass is 9.93. The standard InChI is InChI=1S/C29H28ClN5O2S/c1-19-32-33-26-18-31-27(23-9-5-6-10-25(23)30)24-17-22(38-29(24)35(19)26)16-21(15-20-7-3-2-4-8-20)28(36)34-11-13-37-14-12-34/h2-10,17,21H,11-16,18H2,1H3. The molecule has 0 spiro atoms. The molecule has 0 N–H and O–H groups in total. The molecule has 0 saturated carbocycles. The van der Waals surface area contributed by atoms with Crippen LogP contribution < -0.4 is 0 Å². The van der Waals surface area contributed by atoms with Crippen LogP contribution in [0.4, 0.5) is 0 Å². The molecular formula is C29H28ClN5O2S. The van der Waals surface area contributed by atoms with Crippen molar-refractivity contribution in [3.63, 3.8) is 0 Å². The molecule has 38 heavy (non-hydrogen) atoms. The quantitative estimate of drug-likeness (QED) is 0.345. The zero-order valence-electron chi connectivity index (χ0n) is 21.1. The summed E-state index contributed by atoms with van der Waals surface area (Å²) in [6.07, 6.45) is 1.32. The Labute approximate surface area is 230 Å². The van der Waals surface area contributed by atoms with E-state index in [9.17, 15) is 4.79 Å². The lowest BCUT2D eigenvalue weighted by molar-refractivity contribution is -0.139. The monoisotopic (exact) mass is 545 g/mol. The molecule has 194 valence electrons. The van der Waals surface area contributed by atoms with Crippen LogP contribution in [0.15, 0.2) is 65.7 Å². The Hall–Kier alpha value is -3.33. The van der Waals surface area contributed by atoms with Gasteiger partial charge in [0.25, 0.3) is 0 Å². The number of fused-ring (bicyclic) bond motifs is 3. The van der Waals surface area contributed by atoms with E-state index in [1.807, 2.05) is 54.3 Å². The van der Waals surface area contributed by atoms with Gasteiger partial charge in [-0.15, -0.1) is 21.5 Å². The van der Waals surface area contributed by atoms with E-state index in [0.717, 1.165) is 43.9 Å². The van der Waals surface area contributed by atoms with Gasteiger partial charge in [-0.05, 0) is 37.5 Å². The van der Waals surface area contributed by atoms with Crippen molar-refractivity contribution in [1.82, 2.24) is 19.7 Å². The Balaban J connectivity index is 1.40. The zero-order valence-corrected chi connectivity index (χ0v) is 22.7. The number of hydrogen-bond donors (Lipinski definition) is 0.